The summed E-state index contributed by atoms with van der Waals surface area (Å²) in [5, 5.41) is 5.79. The molecule has 0 aliphatic carbocycles. The lowest BCUT2D eigenvalue weighted by atomic mass is 10.1. The standard InChI is InChI=1S/C18H16ClN5O2/c1-11-3-5-13(8-21-11)22-18(25)24-17-10-20-9-15(23-17)12-4-6-16(26-2)14(19)7-12/h3-10H,1-2H3,(H2,22,23,24,25). The second-order valence-corrected chi connectivity index (χ2v) is 5.81. The van der Waals surface area contributed by atoms with Crippen molar-refractivity contribution >= 4 is 29.1 Å². The summed E-state index contributed by atoms with van der Waals surface area (Å²) in [5.41, 5.74) is 2.78. The molecule has 0 aliphatic rings. The number of urea groups is 1. The van der Waals surface area contributed by atoms with Gasteiger partial charge in [-0.05, 0) is 37.3 Å². The maximum atomic E-state index is 12.1. The zero-order valence-corrected chi connectivity index (χ0v) is 14.9. The second-order valence-electron chi connectivity index (χ2n) is 5.41. The lowest BCUT2D eigenvalue weighted by Crippen LogP contribution is -2.20. The summed E-state index contributed by atoms with van der Waals surface area (Å²) in [6.45, 7) is 1.87. The van der Waals surface area contributed by atoms with Crippen molar-refractivity contribution in [2.24, 2.45) is 0 Å². The fraction of sp³-hybridized carbons (Fsp3) is 0.111. The Morgan fingerprint density at radius 2 is 1.96 bits per heavy atom. The molecule has 0 spiro atoms. The summed E-state index contributed by atoms with van der Waals surface area (Å²) in [6, 6.07) is 8.43. The van der Waals surface area contributed by atoms with Crippen LogP contribution >= 0.6 is 11.6 Å². The van der Waals surface area contributed by atoms with Crippen molar-refractivity contribution < 1.29 is 9.53 Å². The van der Waals surface area contributed by atoms with Gasteiger partial charge in [0.15, 0.2) is 5.82 Å². The van der Waals surface area contributed by atoms with Crippen LogP contribution in [0.5, 0.6) is 5.75 Å². The molecule has 2 amide bonds. The second kappa shape index (κ2) is 7.79. The minimum Gasteiger partial charge on any atom is -0.495 e. The number of amides is 2. The first-order valence-electron chi connectivity index (χ1n) is 7.72. The van der Waals surface area contributed by atoms with Gasteiger partial charge in [-0.2, -0.15) is 0 Å². The van der Waals surface area contributed by atoms with Crippen molar-refractivity contribution in [2.75, 3.05) is 17.7 Å². The van der Waals surface area contributed by atoms with Gasteiger partial charge in [-0.25, -0.2) is 9.78 Å². The van der Waals surface area contributed by atoms with Crippen LogP contribution in [0, 0.1) is 6.92 Å². The Bertz CT molecular complexity index is 931. The van der Waals surface area contributed by atoms with Gasteiger partial charge >= 0.3 is 6.03 Å². The minimum absolute atomic E-state index is 0.312. The first-order valence-corrected chi connectivity index (χ1v) is 8.09. The number of methoxy groups -OCH3 is 1. The van der Waals surface area contributed by atoms with E-state index in [0.717, 1.165) is 11.3 Å². The fourth-order valence-electron chi connectivity index (χ4n) is 2.21. The van der Waals surface area contributed by atoms with Gasteiger partial charge in [0.1, 0.15) is 5.75 Å². The van der Waals surface area contributed by atoms with Gasteiger partial charge in [0.05, 0.1) is 42.1 Å². The van der Waals surface area contributed by atoms with Crippen molar-refractivity contribution in [1.82, 2.24) is 15.0 Å². The first kappa shape index (κ1) is 17.6. The molecule has 0 unspecified atom stereocenters. The number of ether oxygens (including phenoxy) is 1. The van der Waals surface area contributed by atoms with Gasteiger partial charge < -0.3 is 10.1 Å². The van der Waals surface area contributed by atoms with Crippen molar-refractivity contribution in [3.8, 4) is 17.0 Å². The molecule has 0 saturated carbocycles. The molecule has 8 heteroatoms. The Labute approximate surface area is 155 Å². The molecule has 3 aromatic rings. The zero-order chi connectivity index (χ0) is 18.5. The van der Waals surface area contributed by atoms with Crippen molar-refractivity contribution in [1.29, 1.82) is 0 Å². The number of halogens is 1. The van der Waals surface area contributed by atoms with E-state index in [1.807, 2.05) is 19.1 Å². The number of aromatic nitrogens is 3. The van der Waals surface area contributed by atoms with Gasteiger partial charge in [0, 0.05) is 11.3 Å². The molecule has 1 aromatic carbocycles. The maximum Gasteiger partial charge on any atom is 0.324 e. The summed E-state index contributed by atoms with van der Waals surface area (Å²) >= 11 is 6.15. The third-order valence-electron chi connectivity index (χ3n) is 3.49. The first-order chi connectivity index (χ1) is 12.5. The van der Waals surface area contributed by atoms with E-state index in [1.165, 1.54) is 6.20 Å². The molecule has 2 heterocycles. The maximum absolute atomic E-state index is 12.1. The minimum atomic E-state index is -0.435. The molecule has 26 heavy (non-hydrogen) atoms. The van der Waals surface area contributed by atoms with Crippen molar-refractivity contribution in [3.05, 3.63) is 59.6 Å². The number of nitrogens with zero attached hydrogens (tertiary/aromatic N) is 3. The number of carbonyl (C=O) groups is 1. The zero-order valence-electron chi connectivity index (χ0n) is 14.2. The number of pyridine rings is 1. The van der Waals surface area contributed by atoms with E-state index in [9.17, 15) is 4.79 Å². The highest BCUT2D eigenvalue weighted by atomic mass is 35.5. The molecule has 3 rings (SSSR count). The monoisotopic (exact) mass is 369 g/mol. The van der Waals surface area contributed by atoms with Crippen LogP contribution in [0.4, 0.5) is 16.3 Å². The number of aryl methyl sites for hydroxylation is 1. The van der Waals surface area contributed by atoms with Gasteiger partial charge in [-0.15, -0.1) is 0 Å². The third-order valence-corrected chi connectivity index (χ3v) is 3.79. The molecule has 0 aliphatic heterocycles. The molecule has 0 atom stereocenters. The summed E-state index contributed by atoms with van der Waals surface area (Å²) < 4.78 is 5.14. The van der Waals surface area contributed by atoms with Crippen LogP contribution in [-0.2, 0) is 0 Å². The number of hydrogen-bond donors (Lipinski definition) is 2. The van der Waals surface area contributed by atoms with Crippen LogP contribution in [0.3, 0.4) is 0 Å². The molecule has 0 saturated heterocycles. The van der Waals surface area contributed by atoms with Crippen LogP contribution in [0.25, 0.3) is 11.3 Å². The van der Waals surface area contributed by atoms with E-state index in [-0.39, 0.29) is 0 Å². The quantitative estimate of drug-likeness (QED) is 0.721. The smallest absolute Gasteiger partial charge is 0.324 e. The lowest BCUT2D eigenvalue weighted by Gasteiger charge is -2.09. The van der Waals surface area contributed by atoms with E-state index in [2.05, 4.69) is 25.6 Å². The summed E-state index contributed by atoms with van der Waals surface area (Å²) in [4.78, 5) is 24.7. The van der Waals surface area contributed by atoms with Crippen LogP contribution in [-0.4, -0.2) is 28.1 Å². The Kier molecular flexibility index (Phi) is 5.28. The number of rotatable bonds is 4. The number of nitrogens with one attached hydrogen (secondary N) is 2. The Morgan fingerprint density at radius 1 is 1.12 bits per heavy atom. The van der Waals surface area contributed by atoms with E-state index in [1.54, 1.807) is 37.7 Å². The Hall–Kier alpha value is -3.19. The van der Waals surface area contributed by atoms with E-state index in [0.29, 0.717) is 28.0 Å². The fourth-order valence-corrected chi connectivity index (χ4v) is 2.47. The summed E-state index contributed by atoms with van der Waals surface area (Å²) in [7, 11) is 1.55. The van der Waals surface area contributed by atoms with Gasteiger partial charge in [-0.1, -0.05) is 11.6 Å². The van der Waals surface area contributed by atoms with Gasteiger partial charge in [0.2, 0.25) is 0 Å². The van der Waals surface area contributed by atoms with Crippen molar-refractivity contribution in [2.45, 2.75) is 6.92 Å². The van der Waals surface area contributed by atoms with Gasteiger partial charge in [0.25, 0.3) is 0 Å². The van der Waals surface area contributed by atoms with E-state index < -0.39 is 6.03 Å². The van der Waals surface area contributed by atoms with Crippen LogP contribution in [0.15, 0.2) is 48.9 Å². The average Bonchev–Trinajstić information content (AvgIpc) is 2.64. The summed E-state index contributed by atoms with van der Waals surface area (Å²) in [5.74, 6) is 0.885. The number of carbonyl (C=O) groups excluding carboxylic acids is 1. The highest BCUT2D eigenvalue weighted by molar-refractivity contribution is 6.32. The Balaban J connectivity index is 1.73. The largest absolute Gasteiger partial charge is 0.495 e. The topological polar surface area (TPSA) is 89.0 Å². The molecule has 0 fully saturated rings. The third kappa shape index (κ3) is 4.25. The number of hydrogen-bond acceptors (Lipinski definition) is 5. The molecule has 2 N–H and O–H groups in total. The van der Waals surface area contributed by atoms with Crippen LogP contribution in [0.2, 0.25) is 5.02 Å². The van der Waals surface area contributed by atoms with E-state index in [4.69, 9.17) is 16.3 Å². The average molecular weight is 370 g/mol. The summed E-state index contributed by atoms with van der Waals surface area (Å²) in [6.07, 6.45) is 4.63. The predicted molar refractivity (Wildman–Crippen MR) is 101 cm³/mol. The molecule has 132 valence electrons. The number of benzene rings is 1. The molecule has 0 bridgehead atoms. The predicted octanol–water partition coefficient (Wildman–Crippen LogP) is 4.15. The number of anilines is 2. The molecular weight excluding hydrogens is 354 g/mol. The SMILES string of the molecule is COc1ccc(-c2cncc(NC(=O)Nc3ccc(C)nc3)n2)cc1Cl. The van der Waals surface area contributed by atoms with E-state index >= 15 is 0 Å². The lowest BCUT2D eigenvalue weighted by molar-refractivity contribution is 0.262. The molecule has 0 radical (unpaired) electrons. The highest BCUT2D eigenvalue weighted by Crippen LogP contribution is 2.29. The van der Waals surface area contributed by atoms with Crippen molar-refractivity contribution in [3.63, 3.8) is 0 Å². The molecule has 7 nitrogen and oxygen atoms in total. The van der Waals surface area contributed by atoms with Crippen LogP contribution < -0.4 is 15.4 Å². The highest BCUT2D eigenvalue weighted by Gasteiger charge is 2.08. The molecule has 2 aromatic heterocycles. The molecular formula is C18H16ClN5O2. The normalized spacial score (nSPS) is 10.3. The van der Waals surface area contributed by atoms with Crippen LogP contribution in [0.1, 0.15) is 5.69 Å². The van der Waals surface area contributed by atoms with Gasteiger partial charge in [-0.3, -0.25) is 15.3 Å². The Morgan fingerprint density at radius 3 is 2.65 bits per heavy atom.